The van der Waals surface area contributed by atoms with Gasteiger partial charge in [-0.25, -0.2) is 0 Å². The zero-order chi connectivity index (χ0) is 15.2. The van der Waals surface area contributed by atoms with Crippen LogP contribution in [-0.4, -0.2) is 52.1 Å². The van der Waals surface area contributed by atoms with Crippen LogP contribution in [0.15, 0.2) is 6.20 Å². The van der Waals surface area contributed by atoms with E-state index in [1.807, 2.05) is 14.1 Å². The molecule has 0 radical (unpaired) electrons. The molecule has 0 amide bonds. The van der Waals surface area contributed by atoms with Crippen LogP contribution in [0.1, 0.15) is 42.6 Å². The first-order valence-electron chi connectivity index (χ1n) is 7.58. The van der Waals surface area contributed by atoms with Gasteiger partial charge in [-0.1, -0.05) is 30.9 Å². The molecule has 0 atom stereocenters. The molecule has 0 saturated heterocycles. The Morgan fingerprint density at radius 3 is 2.81 bits per heavy atom. The van der Waals surface area contributed by atoms with Crippen LogP contribution in [0.4, 0.5) is 0 Å². The lowest BCUT2D eigenvalue weighted by atomic mass is 10.0. The van der Waals surface area contributed by atoms with Gasteiger partial charge in [0.25, 0.3) is 0 Å². The van der Waals surface area contributed by atoms with Crippen molar-refractivity contribution < 1.29 is 4.79 Å². The summed E-state index contributed by atoms with van der Waals surface area (Å²) in [5.74, 6) is 0.615. The summed E-state index contributed by atoms with van der Waals surface area (Å²) in [7, 11) is 4.01. The highest BCUT2D eigenvalue weighted by Gasteiger charge is 2.20. The second kappa shape index (κ2) is 8.20. The lowest BCUT2D eigenvalue weighted by Crippen LogP contribution is -2.22. The van der Waals surface area contributed by atoms with Crippen molar-refractivity contribution in [3.63, 3.8) is 0 Å². The van der Waals surface area contributed by atoms with Crippen molar-refractivity contribution in [1.29, 1.82) is 0 Å². The second-order valence-electron chi connectivity index (χ2n) is 5.86. The maximum Gasteiger partial charge on any atom is 0.192 e. The monoisotopic (exact) mass is 329 g/mol. The number of Topliss-reactive ketones (excluding diaryl/α,β-unsaturated/α-hetero) is 1. The molecule has 1 aliphatic carbocycles. The van der Waals surface area contributed by atoms with Gasteiger partial charge in [0, 0.05) is 11.8 Å². The quantitative estimate of drug-likeness (QED) is 0.719. The number of likely N-dealkylation sites (N-methyl/N-ethyl adjacent to an activating group) is 1. The standard InChI is InChI=1S/C15H24ClN3OS/c1-18(2)8-9-19-15(13(16)10-17-19)14(20)11-21-12-6-4-3-5-7-12/h10,12H,3-9,11H2,1-2H3. The molecule has 0 bridgehead atoms. The number of hydrogen-bond donors (Lipinski definition) is 0. The van der Waals surface area contributed by atoms with Crippen molar-refractivity contribution in [3.8, 4) is 0 Å². The summed E-state index contributed by atoms with van der Waals surface area (Å²) in [5, 5.41) is 5.35. The van der Waals surface area contributed by atoms with E-state index in [1.165, 1.54) is 32.1 Å². The smallest absolute Gasteiger partial charge is 0.192 e. The summed E-state index contributed by atoms with van der Waals surface area (Å²) >= 11 is 7.94. The zero-order valence-corrected chi connectivity index (χ0v) is 14.4. The fourth-order valence-electron chi connectivity index (χ4n) is 2.60. The number of carbonyl (C=O) groups excluding carboxylic acids is 1. The van der Waals surface area contributed by atoms with Gasteiger partial charge >= 0.3 is 0 Å². The Morgan fingerprint density at radius 1 is 1.43 bits per heavy atom. The van der Waals surface area contributed by atoms with Crippen LogP contribution < -0.4 is 0 Å². The average molecular weight is 330 g/mol. The Hall–Kier alpha value is -0.520. The van der Waals surface area contributed by atoms with E-state index < -0.39 is 0 Å². The summed E-state index contributed by atoms with van der Waals surface area (Å²) < 4.78 is 1.74. The molecule has 0 aromatic carbocycles. The molecule has 0 N–H and O–H groups in total. The molecule has 0 unspecified atom stereocenters. The molecule has 118 valence electrons. The van der Waals surface area contributed by atoms with Crippen LogP contribution in [-0.2, 0) is 6.54 Å². The molecule has 1 aliphatic rings. The summed E-state index contributed by atoms with van der Waals surface area (Å²) in [6, 6.07) is 0. The summed E-state index contributed by atoms with van der Waals surface area (Å²) in [5.41, 5.74) is 0.571. The second-order valence-corrected chi connectivity index (χ2v) is 7.56. The summed E-state index contributed by atoms with van der Waals surface area (Å²) in [6.45, 7) is 1.53. The van der Waals surface area contributed by atoms with E-state index in [4.69, 9.17) is 11.6 Å². The molecule has 0 spiro atoms. The molecule has 1 saturated carbocycles. The van der Waals surface area contributed by atoms with Crippen molar-refractivity contribution in [2.45, 2.75) is 43.9 Å². The molecular formula is C15H24ClN3OS. The fraction of sp³-hybridized carbons (Fsp3) is 0.733. The number of nitrogens with zero attached hydrogens (tertiary/aromatic N) is 3. The third-order valence-electron chi connectivity index (χ3n) is 3.82. The van der Waals surface area contributed by atoms with Gasteiger partial charge in [0.05, 0.1) is 23.5 Å². The molecule has 4 nitrogen and oxygen atoms in total. The Bertz CT molecular complexity index is 469. The minimum Gasteiger partial charge on any atom is -0.308 e. The van der Waals surface area contributed by atoms with Crippen molar-refractivity contribution in [2.75, 3.05) is 26.4 Å². The molecule has 0 aliphatic heterocycles. The summed E-state index contributed by atoms with van der Waals surface area (Å²) in [6.07, 6.45) is 8.00. The Balaban J connectivity index is 1.92. The van der Waals surface area contributed by atoms with E-state index in [1.54, 1.807) is 22.6 Å². The maximum absolute atomic E-state index is 12.5. The Labute approximate surface area is 136 Å². The van der Waals surface area contributed by atoms with Gasteiger partial charge in [-0.05, 0) is 26.9 Å². The number of hydrogen-bond acceptors (Lipinski definition) is 4. The molecule has 1 heterocycles. The molecule has 1 fully saturated rings. The highest BCUT2D eigenvalue weighted by Crippen LogP contribution is 2.29. The highest BCUT2D eigenvalue weighted by atomic mass is 35.5. The van der Waals surface area contributed by atoms with Crippen molar-refractivity contribution in [3.05, 3.63) is 16.9 Å². The highest BCUT2D eigenvalue weighted by molar-refractivity contribution is 8.00. The van der Waals surface area contributed by atoms with E-state index in [-0.39, 0.29) is 5.78 Å². The number of ketones is 1. The minimum absolute atomic E-state index is 0.104. The molecule has 2 rings (SSSR count). The summed E-state index contributed by atoms with van der Waals surface area (Å²) in [4.78, 5) is 14.5. The predicted octanol–water partition coefficient (Wildman–Crippen LogP) is 3.35. The average Bonchev–Trinajstić information content (AvgIpc) is 2.85. The van der Waals surface area contributed by atoms with Gasteiger partial charge in [0.15, 0.2) is 5.78 Å². The largest absolute Gasteiger partial charge is 0.308 e. The Morgan fingerprint density at radius 2 is 2.14 bits per heavy atom. The van der Waals surface area contributed by atoms with Crippen LogP contribution in [0.3, 0.4) is 0 Å². The SMILES string of the molecule is CN(C)CCn1ncc(Cl)c1C(=O)CSC1CCCCC1. The fourth-order valence-corrected chi connectivity index (χ4v) is 4.03. The van der Waals surface area contributed by atoms with Crippen LogP contribution in [0.25, 0.3) is 0 Å². The van der Waals surface area contributed by atoms with Crippen LogP contribution in [0.5, 0.6) is 0 Å². The first kappa shape index (κ1) is 16.8. The van der Waals surface area contributed by atoms with Crippen molar-refractivity contribution in [2.24, 2.45) is 0 Å². The predicted molar refractivity (Wildman–Crippen MR) is 89.5 cm³/mol. The molecular weight excluding hydrogens is 306 g/mol. The third-order valence-corrected chi connectivity index (χ3v) is 5.47. The molecule has 6 heteroatoms. The number of thioether (sulfide) groups is 1. The zero-order valence-electron chi connectivity index (χ0n) is 12.8. The van der Waals surface area contributed by atoms with Crippen LogP contribution in [0, 0.1) is 0 Å². The van der Waals surface area contributed by atoms with Crippen molar-refractivity contribution in [1.82, 2.24) is 14.7 Å². The Kier molecular flexibility index (Phi) is 6.58. The van der Waals surface area contributed by atoms with Gasteiger partial charge in [0.1, 0.15) is 5.69 Å². The molecule has 1 aromatic rings. The van der Waals surface area contributed by atoms with E-state index in [9.17, 15) is 4.79 Å². The van der Waals surface area contributed by atoms with Crippen molar-refractivity contribution >= 4 is 29.1 Å². The van der Waals surface area contributed by atoms with Gasteiger partial charge in [-0.3, -0.25) is 9.48 Å². The number of carbonyl (C=O) groups is 1. The maximum atomic E-state index is 12.5. The normalized spacial score (nSPS) is 16.6. The minimum atomic E-state index is 0.104. The van der Waals surface area contributed by atoms with Crippen LogP contribution >= 0.6 is 23.4 Å². The van der Waals surface area contributed by atoms with E-state index in [2.05, 4.69) is 10.00 Å². The lowest BCUT2D eigenvalue weighted by molar-refractivity contribution is 0.101. The molecule has 21 heavy (non-hydrogen) atoms. The first-order chi connectivity index (χ1) is 10.1. The van der Waals surface area contributed by atoms with Gasteiger partial charge in [0.2, 0.25) is 0 Å². The number of aromatic nitrogens is 2. The van der Waals surface area contributed by atoms with E-state index in [0.29, 0.717) is 28.3 Å². The van der Waals surface area contributed by atoms with Gasteiger partial charge < -0.3 is 4.90 Å². The number of halogens is 1. The lowest BCUT2D eigenvalue weighted by Gasteiger charge is -2.20. The molecule has 1 aromatic heterocycles. The van der Waals surface area contributed by atoms with Gasteiger partial charge in [-0.15, -0.1) is 0 Å². The number of rotatable bonds is 7. The first-order valence-corrected chi connectivity index (χ1v) is 9.01. The van der Waals surface area contributed by atoms with E-state index in [0.717, 1.165) is 6.54 Å². The topological polar surface area (TPSA) is 38.1 Å². The van der Waals surface area contributed by atoms with Crippen LogP contribution in [0.2, 0.25) is 5.02 Å². The third kappa shape index (κ3) is 5.01. The van der Waals surface area contributed by atoms with Gasteiger partial charge in [-0.2, -0.15) is 16.9 Å². The van der Waals surface area contributed by atoms with E-state index >= 15 is 0 Å².